The molecular weight excluding hydrogens is 550 g/mol. The molecule has 0 bridgehead atoms. The summed E-state index contributed by atoms with van der Waals surface area (Å²) in [5, 5.41) is 8.47. The number of hydrogen-bond donors (Lipinski definition) is 3. The minimum Gasteiger partial charge on any atom is -0.497 e. The first-order valence-electron chi connectivity index (χ1n) is 13.1. The van der Waals surface area contributed by atoms with Crippen LogP contribution < -0.4 is 25.4 Å². The number of ether oxygens (including phenoxy) is 2. The molecule has 0 spiro atoms. The van der Waals surface area contributed by atoms with Crippen molar-refractivity contribution in [2.24, 2.45) is 0 Å². The molecule has 0 unspecified atom stereocenters. The van der Waals surface area contributed by atoms with Crippen LogP contribution in [0.5, 0.6) is 11.5 Å². The number of benzene rings is 4. The van der Waals surface area contributed by atoms with Crippen LogP contribution in [0.1, 0.15) is 21.5 Å². The van der Waals surface area contributed by atoms with Gasteiger partial charge in [0.2, 0.25) is 5.91 Å². The summed E-state index contributed by atoms with van der Waals surface area (Å²) in [6.45, 7) is 1.96. The van der Waals surface area contributed by atoms with E-state index in [2.05, 4.69) is 16.0 Å². The SMILES string of the molecule is COc1ccc(/C=C(/NC(=O)c2ccccc2)C(=O)Nc2cccc(SCC(=O)Nc3cccc(C)c3)c2)c(OC)c1. The number of carbonyl (C=O) groups is 3. The van der Waals surface area contributed by atoms with E-state index in [1.807, 2.05) is 37.3 Å². The van der Waals surface area contributed by atoms with Gasteiger partial charge in [0.1, 0.15) is 17.2 Å². The molecule has 0 heterocycles. The van der Waals surface area contributed by atoms with E-state index in [0.717, 1.165) is 16.1 Å². The minimum absolute atomic E-state index is 0.0166. The second-order valence-electron chi connectivity index (χ2n) is 9.17. The third-order valence-electron chi connectivity index (χ3n) is 6.03. The molecule has 0 saturated heterocycles. The number of nitrogens with one attached hydrogen (secondary N) is 3. The molecule has 8 nitrogen and oxygen atoms in total. The van der Waals surface area contributed by atoms with E-state index < -0.39 is 11.8 Å². The van der Waals surface area contributed by atoms with E-state index >= 15 is 0 Å². The molecule has 0 aromatic heterocycles. The zero-order valence-electron chi connectivity index (χ0n) is 23.5. The lowest BCUT2D eigenvalue weighted by Crippen LogP contribution is -2.30. The Kier molecular flexibility index (Phi) is 10.4. The van der Waals surface area contributed by atoms with Crippen LogP contribution in [0.4, 0.5) is 11.4 Å². The Labute approximate surface area is 249 Å². The fourth-order valence-corrected chi connectivity index (χ4v) is 4.72. The first-order chi connectivity index (χ1) is 20.3. The molecule has 0 aliphatic carbocycles. The number of rotatable bonds is 11. The van der Waals surface area contributed by atoms with Crippen LogP contribution in [-0.4, -0.2) is 37.7 Å². The first kappa shape index (κ1) is 30.0. The van der Waals surface area contributed by atoms with Crippen LogP contribution >= 0.6 is 11.8 Å². The molecule has 4 rings (SSSR count). The molecule has 0 aliphatic heterocycles. The summed E-state index contributed by atoms with van der Waals surface area (Å²) < 4.78 is 10.7. The summed E-state index contributed by atoms with van der Waals surface area (Å²) in [5.74, 6) is 0.148. The predicted molar refractivity (Wildman–Crippen MR) is 167 cm³/mol. The molecule has 3 amide bonds. The number of thioether (sulfide) groups is 1. The number of amides is 3. The van der Waals surface area contributed by atoms with E-state index in [-0.39, 0.29) is 17.4 Å². The van der Waals surface area contributed by atoms with Crippen molar-refractivity contribution in [1.29, 1.82) is 0 Å². The van der Waals surface area contributed by atoms with Gasteiger partial charge in [-0.3, -0.25) is 14.4 Å². The van der Waals surface area contributed by atoms with Gasteiger partial charge in [-0.05, 0) is 73.2 Å². The summed E-state index contributed by atoms with van der Waals surface area (Å²) in [6.07, 6.45) is 1.54. The predicted octanol–water partition coefficient (Wildman–Crippen LogP) is 6.15. The van der Waals surface area contributed by atoms with Gasteiger partial charge in [-0.2, -0.15) is 0 Å². The Morgan fingerprint density at radius 3 is 2.24 bits per heavy atom. The van der Waals surface area contributed by atoms with E-state index in [1.54, 1.807) is 79.9 Å². The Bertz CT molecular complexity index is 1600. The summed E-state index contributed by atoms with van der Waals surface area (Å²) >= 11 is 1.34. The van der Waals surface area contributed by atoms with Gasteiger partial charge in [0, 0.05) is 33.5 Å². The second kappa shape index (κ2) is 14.6. The van der Waals surface area contributed by atoms with Crippen molar-refractivity contribution in [1.82, 2.24) is 5.32 Å². The van der Waals surface area contributed by atoms with Crippen molar-refractivity contribution in [2.75, 3.05) is 30.6 Å². The van der Waals surface area contributed by atoms with Crippen molar-refractivity contribution in [3.63, 3.8) is 0 Å². The normalized spacial score (nSPS) is 10.9. The molecule has 0 aliphatic rings. The number of aryl methyl sites for hydroxylation is 1. The number of hydrogen-bond acceptors (Lipinski definition) is 6. The van der Waals surface area contributed by atoms with Gasteiger partial charge in [-0.15, -0.1) is 11.8 Å². The lowest BCUT2D eigenvalue weighted by atomic mass is 10.1. The van der Waals surface area contributed by atoms with Crippen molar-refractivity contribution >= 4 is 46.9 Å². The monoisotopic (exact) mass is 581 g/mol. The third kappa shape index (κ3) is 8.49. The maximum absolute atomic E-state index is 13.5. The molecule has 0 fully saturated rings. The molecule has 3 N–H and O–H groups in total. The fourth-order valence-electron chi connectivity index (χ4n) is 3.97. The van der Waals surface area contributed by atoms with Crippen molar-refractivity contribution in [3.05, 3.63) is 119 Å². The van der Waals surface area contributed by atoms with E-state index in [1.165, 1.54) is 18.9 Å². The van der Waals surface area contributed by atoms with Gasteiger partial charge in [-0.1, -0.05) is 36.4 Å². The molecule has 9 heteroatoms. The largest absolute Gasteiger partial charge is 0.497 e. The van der Waals surface area contributed by atoms with Crippen LogP contribution in [0.3, 0.4) is 0 Å². The van der Waals surface area contributed by atoms with Crippen molar-refractivity contribution in [3.8, 4) is 11.5 Å². The molecule has 0 atom stereocenters. The fraction of sp³-hybridized carbons (Fsp3) is 0.121. The van der Waals surface area contributed by atoms with Crippen LogP contribution in [0.15, 0.2) is 108 Å². The van der Waals surface area contributed by atoms with E-state index in [9.17, 15) is 14.4 Å². The maximum Gasteiger partial charge on any atom is 0.272 e. The number of carbonyl (C=O) groups excluding carboxylic acids is 3. The minimum atomic E-state index is -0.531. The number of methoxy groups -OCH3 is 2. The van der Waals surface area contributed by atoms with Crippen LogP contribution in [-0.2, 0) is 9.59 Å². The molecule has 4 aromatic rings. The van der Waals surface area contributed by atoms with Crippen LogP contribution in [0, 0.1) is 6.92 Å². The standard InChI is InChI=1S/C33H31N3O5S/c1-22-9-7-12-25(17-22)34-31(37)21-42-28-14-8-13-26(19-28)35-33(39)29(36-32(38)23-10-5-4-6-11-23)18-24-15-16-27(40-2)20-30(24)41-3/h4-20H,21H2,1-3H3,(H,34,37)(H,35,39)(H,36,38)/b29-18+. The van der Waals surface area contributed by atoms with Gasteiger partial charge in [0.05, 0.1) is 20.0 Å². The molecule has 214 valence electrons. The third-order valence-corrected chi connectivity index (χ3v) is 7.03. The Morgan fingerprint density at radius 1 is 0.786 bits per heavy atom. The number of anilines is 2. The second-order valence-corrected chi connectivity index (χ2v) is 10.2. The Hall–Kier alpha value is -5.02. The lowest BCUT2D eigenvalue weighted by molar-refractivity contribution is -0.114. The smallest absolute Gasteiger partial charge is 0.272 e. The van der Waals surface area contributed by atoms with Crippen molar-refractivity contribution in [2.45, 2.75) is 11.8 Å². The van der Waals surface area contributed by atoms with E-state index in [0.29, 0.717) is 28.3 Å². The van der Waals surface area contributed by atoms with Gasteiger partial charge in [0.25, 0.3) is 11.8 Å². The van der Waals surface area contributed by atoms with Gasteiger partial charge < -0.3 is 25.4 Å². The van der Waals surface area contributed by atoms with Gasteiger partial charge in [0.15, 0.2) is 0 Å². The summed E-state index contributed by atoms with van der Waals surface area (Å²) in [7, 11) is 3.06. The Morgan fingerprint density at radius 2 is 1.52 bits per heavy atom. The summed E-state index contributed by atoms with van der Waals surface area (Å²) in [6, 6.07) is 28.5. The van der Waals surface area contributed by atoms with Crippen LogP contribution in [0.2, 0.25) is 0 Å². The highest BCUT2D eigenvalue weighted by Crippen LogP contribution is 2.27. The Balaban J connectivity index is 1.50. The van der Waals surface area contributed by atoms with Gasteiger partial charge in [-0.25, -0.2) is 0 Å². The zero-order valence-corrected chi connectivity index (χ0v) is 24.3. The highest BCUT2D eigenvalue weighted by Gasteiger charge is 2.17. The molecule has 0 radical (unpaired) electrons. The van der Waals surface area contributed by atoms with Crippen LogP contribution in [0.25, 0.3) is 6.08 Å². The average Bonchev–Trinajstić information content (AvgIpc) is 3.00. The van der Waals surface area contributed by atoms with E-state index in [4.69, 9.17) is 9.47 Å². The van der Waals surface area contributed by atoms with Crippen molar-refractivity contribution < 1.29 is 23.9 Å². The first-order valence-corrected chi connectivity index (χ1v) is 14.0. The summed E-state index contributed by atoms with van der Waals surface area (Å²) in [5.41, 5.74) is 3.30. The summed E-state index contributed by atoms with van der Waals surface area (Å²) in [4.78, 5) is 39.7. The zero-order chi connectivity index (χ0) is 29.9. The topological polar surface area (TPSA) is 106 Å². The molecular formula is C33H31N3O5S. The molecule has 0 saturated carbocycles. The quantitative estimate of drug-likeness (QED) is 0.145. The van der Waals surface area contributed by atoms with Gasteiger partial charge >= 0.3 is 0 Å². The molecule has 42 heavy (non-hydrogen) atoms. The average molecular weight is 582 g/mol. The highest BCUT2D eigenvalue weighted by molar-refractivity contribution is 8.00. The highest BCUT2D eigenvalue weighted by atomic mass is 32.2. The lowest BCUT2D eigenvalue weighted by Gasteiger charge is -2.13. The maximum atomic E-state index is 13.5. The molecule has 4 aromatic carbocycles.